The summed E-state index contributed by atoms with van der Waals surface area (Å²) in [7, 11) is -0.598. The molecular weight excluding hydrogens is 386 g/mol. The molecule has 0 fully saturated rings. The number of sulfonamides is 1. The lowest BCUT2D eigenvalue weighted by atomic mass is 10.2. The second-order valence-electron chi connectivity index (χ2n) is 5.95. The van der Waals surface area contributed by atoms with Crippen LogP contribution >= 0.6 is 11.8 Å². The van der Waals surface area contributed by atoms with Crippen LogP contribution in [0.4, 0.5) is 0 Å². The average molecular weight is 406 g/mol. The fourth-order valence-corrected chi connectivity index (χ4v) is 3.88. The summed E-state index contributed by atoms with van der Waals surface area (Å²) in [5, 5.41) is 3.15. The van der Waals surface area contributed by atoms with Gasteiger partial charge >= 0.3 is 0 Å². The van der Waals surface area contributed by atoms with Crippen LogP contribution in [0.5, 0.6) is 0 Å². The normalized spacial score (nSPS) is 11.8. The van der Waals surface area contributed by atoms with Crippen LogP contribution in [0.1, 0.15) is 5.56 Å². The molecule has 142 valence electrons. The molecule has 1 aromatic heterocycles. The van der Waals surface area contributed by atoms with E-state index in [-0.39, 0.29) is 16.6 Å². The summed E-state index contributed by atoms with van der Waals surface area (Å²) in [6.07, 6.45) is 0. The lowest BCUT2D eigenvalue weighted by molar-refractivity contribution is -0.118. The molecule has 3 rings (SSSR count). The summed E-state index contributed by atoms with van der Waals surface area (Å²) < 4.78 is 31.1. The molecule has 0 bridgehead atoms. The van der Waals surface area contributed by atoms with Gasteiger partial charge in [-0.25, -0.2) is 17.7 Å². The van der Waals surface area contributed by atoms with Crippen molar-refractivity contribution in [3.05, 3.63) is 54.1 Å². The van der Waals surface area contributed by atoms with Gasteiger partial charge in [0.15, 0.2) is 5.58 Å². The van der Waals surface area contributed by atoms with Gasteiger partial charge in [0, 0.05) is 20.6 Å². The highest BCUT2D eigenvalue weighted by Gasteiger charge is 2.19. The predicted octanol–water partition coefficient (Wildman–Crippen LogP) is 2.49. The third kappa shape index (κ3) is 4.68. The number of hydrogen-bond acceptors (Lipinski definition) is 6. The molecule has 0 spiro atoms. The molecule has 1 heterocycles. The van der Waals surface area contributed by atoms with Gasteiger partial charge in [0.05, 0.1) is 10.6 Å². The van der Waals surface area contributed by atoms with Crippen molar-refractivity contribution in [2.24, 2.45) is 0 Å². The molecule has 0 unspecified atom stereocenters. The van der Waals surface area contributed by atoms with E-state index >= 15 is 0 Å². The van der Waals surface area contributed by atoms with E-state index in [2.05, 4.69) is 10.3 Å². The number of amides is 1. The Hall–Kier alpha value is -2.36. The minimum absolute atomic E-state index is 0.137. The van der Waals surface area contributed by atoms with E-state index in [1.54, 1.807) is 6.07 Å². The highest BCUT2D eigenvalue weighted by molar-refractivity contribution is 7.99. The summed E-state index contributed by atoms with van der Waals surface area (Å²) in [6.45, 7) is 0.458. The van der Waals surface area contributed by atoms with E-state index in [4.69, 9.17) is 4.42 Å². The van der Waals surface area contributed by atoms with Gasteiger partial charge in [0.25, 0.3) is 5.22 Å². The molecule has 0 radical (unpaired) electrons. The van der Waals surface area contributed by atoms with E-state index in [9.17, 15) is 13.2 Å². The van der Waals surface area contributed by atoms with Crippen molar-refractivity contribution in [1.29, 1.82) is 0 Å². The third-order valence-electron chi connectivity index (χ3n) is 3.78. The summed E-state index contributed by atoms with van der Waals surface area (Å²) >= 11 is 1.16. The van der Waals surface area contributed by atoms with Crippen molar-refractivity contribution < 1.29 is 17.6 Å². The number of benzene rings is 2. The van der Waals surface area contributed by atoms with Gasteiger partial charge in [-0.3, -0.25) is 4.79 Å². The molecule has 0 saturated carbocycles. The Morgan fingerprint density at radius 2 is 1.93 bits per heavy atom. The number of carbonyl (C=O) groups is 1. The number of rotatable bonds is 7. The standard InChI is InChI=1S/C18H19N3O4S2/c1-21(2)27(23,24)14-8-9-16-15(10-14)20-18(25-16)26-12-17(22)19-11-13-6-4-3-5-7-13/h3-10H,11-12H2,1-2H3,(H,19,22). The van der Waals surface area contributed by atoms with Crippen molar-refractivity contribution >= 4 is 38.8 Å². The Bertz CT molecular complexity index is 1050. The van der Waals surface area contributed by atoms with Crippen LogP contribution in [-0.2, 0) is 21.4 Å². The Morgan fingerprint density at radius 3 is 2.63 bits per heavy atom. The number of thioether (sulfide) groups is 1. The van der Waals surface area contributed by atoms with E-state index in [1.165, 1.54) is 26.2 Å². The van der Waals surface area contributed by atoms with Crippen molar-refractivity contribution in [3.63, 3.8) is 0 Å². The van der Waals surface area contributed by atoms with Crippen LogP contribution in [0, 0.1) is 0 Å². The second-order valence-corrected chi connectivity index (χ2v) is 9.03. The highest BCUT2D eigenvalue weighted by atomic mass is 32.2. The molecule has 7 nitrogen and oxygen atoms in total. The Balaban J connectivity index is 1.63. The molecular formula is C18H19N3O4S2. The molecule has 1 amide bonds. The molecule has 3 aromatic rings. The van der Waals surface area contributed by atoms with E-state index in [0.717, 1.165) is 21.6 Å². The Labute approximate surface area is 161 Å². The molecule has 0 atom stereocenters. The monoisotopic (exact) mass is 405 g/mol. The summed E-state index contributed by atoms with van der Waals surface area (Å²) in [5.41, 5.74) is 1.93. The minimum Gasteiger partial charge on any atom is -0.431 e. The third-order valence-corrected chi connectivity index (χ3v) is 6.42. The zero-order chi connectivity index (χ0) is 19.4. The van der Waals surface area contributed by atoms with E-state index in [0.29, 0.717) is 22.9 Å². The zero-order valence-corrected chi connectivity index (χ0v) is 16.5. The van der Waals surface area contributed by atoms with Crippen molar-refractivity contribution in [2.45, 2.75) is 16.7 Å². The molecule has 1 N–H and O–H groups in total. The van der Waals surface area contributed by atoms with Crippen molar-refractivity contribution in [2.75, 3.05) is 19.8 Å². The van der Waals surface area contributed by atoms with Crippen LogP contribution in [0.2, 0.25) is 0 Å². The first-order valence-electron chi connectivity index (χ1n) is 8.13. The lowest BCUT2D eigenvalue weighted by Crippen LogP contribution is -2.24. The maximum atomic E-state index is 12.2. The van der Waals surface area contributed by atoms with Crippen LogP contribution in [0.15, 0.2) is 63.1 Å². The van der Waals surface area contributed by atoms with Gasteiger partial charge in [0.1, 0.15) is 5.52 Å². The number of aromatic nitrogens is 1. The van der Waals surface area contributed by atoms with E-state index < -0.39 is 10.0 Å². The smallest absolute Gasteiger partial charge is 0.257 e. The molecule has 0 aliphatic carbocycles. The first-order chi connectivity index (χ1) is 12.9. The molecule has 9 heteroatoms. The average Bonchev–Trinajstić information content (AvgIpc) is 3.07. The molecule has 0 aliphatic heterocycles. The van der Waals surface area contributed by atoms with E-state index in [1.807, 2.05) is 30.3 Å². The van der Waals surface area contributed by atoms with Gasteiger partial charge < -0.3 is 9.73 Å². The van der Waals surface area contributed by atoms with Gasteiger partial charge in [-0.1, -0.05) is 42.1 Å². The van der Waals surface area contributed by atoms with Crippen LogP contribution in [-0.4, -0.2) is 43.5 Å². The molecule has 27 heavy (non-hydrogen) atoms. The van der Waals surface area contributed by atoms with Crippen molar-refractivity contribution in [1.82, 2.24) is 14.6 Å². The minimum atomic E-state index is -3.54. The largest absolute Gasteiger partial charge is 0.431 e. The number of carbonyl (C=O) groups excluding carboxylic acids is 1. The predicted molar refractivity (Wildman–Crippen MR) is 104 cm³/mol. The quantitative estimate of drug-likeness (QED) is 0.607. The molecule has 2 aromatic carbocycles. The lowest BCUT2D eigenvalue weighted by Gasteiger charge is -2.10. The fourth-order valence-electron chi connectivity index (χ4n) is 2.29. The van der Waals surface area contributed by atoms with Gasteiger partial charge in [0.2, 0.25) is 15.9 Å². The van der Waals surface area contributed by atoms with Gasteiger partial charge in [-0.2, -0.15) is 0 Å². The summed E-state index contributed by atoms with van der Waals surface area (Å²) in [4.78, 5) is 16.4. The van der Waals surface area contributed by atoms with Crippen LogP contribution < -0.4 is 5.32 Å². The van der Waals surface area contributed by atoms with Crippen LogP contribution in [0.3, 0.4) is 0 Å². The Morgan fingerprint density at radius 1 is 1.19 bits per heavy atom. The topological polar surface area (TPSA) is 92.5 Å². The number of nitrogens with one attached hydrogen (secondary N) is 1. The maximum Gasteiger partial charge on any atom is 0.257 e. The number of nitrogens with zero attached hydrogens (tertiary/aromatic N) is 2. The summed E-state index contributed by atoms with van der Waals surface area (Å²) in [6, 6.07) is 14.1. The van der Waals surface area contributed by atoms with Crippen molar-refractivity contribution in [3.8, 4) is 0 Å². The van der Waals surface area contributed by atoms with Gasteiger partial charge in [-0.15, -0.1) is 0 Å². The number of oxazole rings is 1. The second kappa shape index (κ2) is 8.12. The Kier molecular flexibility index (Phi) is 5.83. The first kappa shape index (κ1) is 19.4. The zero-order valence-electron chi connectivity index (χ0n) is 14.9. The van der Waals surface area contributed by atoms with Crippen LogP contribution in [0.25, 0.3) is 11.1 Å². The SMILES string of the molecule is CN(C)S(=O)(=O)c1ccc2oc(SCC(=O)NCc3ccccc3)nc2c1. The van der Waals surface area contributed by atoms with Gasteiger partial charge in [-0.05, 0) is 23.8 Å². The molecule has 0 aliphatic rings. The number of hydrogen-bond donors (Lipinski definition) is 1. The highest BCUT2D eigenvalue weighted by Crippen LogP contribution is 2.26. The molecule has 0 saturated heterocycles. The maximum absolute atomic E-state index is 12.2. The first-order valence-corrected chi connectivity index (χ1v) is 10.6. The fraction of sp³-hybridized carbons (Fsp3) is 0.222. The summed E-state index contributed by atoms with van der Waals surface area (Å²) in [5.74, 6) is 0.0182. The number of fused-ring (bicyclic) bond motifs is 1.